The average molecular weight is 407 g/mol. The number of hydrogen-bond donors (Lipinski definition) is 3. The average Bonchev–Trinajstić information content (AvgIpc) is 2.73. The molecule has 0 aliphatic heterocycles. The number of esters is 1. The van der Waals surface area contributed by atoms with Crippen molar-refractivity contribution in [1.29, 1.82) is 0 Å². The van der Waals surface area contributed by atoms with Gasteiger partial charge in [-0.2, -0.15) is 0 Å². The summed E-state index contributed by atoms with van der Waals surface area (Å²) in [7, 11) is 3.18. The van der Waals surface area contributed by atoms with Crippen LogP contribution in [0.5, 0.6) is 11.5 Å². The van der Waals surface area contributed by atoms with Crippen LogP contribution in [-0.4, -0.2) is 38.3 Å². The van der Waals surface area contributed by atoms with Gasteiger partial charge in [-0.05, 0) is 43.5 Å². The quantitative estimate of drug-likeness (QED) is 0.264. The number of carbonyl (C=O) groups excluding carboxylic acids is 2. The van der Waals surface area contributed by atoms with Gasteiger partial charge in [0.25, 0.3) is 0 Å². The molecule has 0 fully saturated rings. The minimum absolute atomic E-state index is 0.0339. The van der Waals surface area contributed by atoms with Crippen molar-refractivity contribution in [1.82, 2.24) is 10.6 Å². The Kier molecular flexibility index (Phi) is 10.8. The zero-order valence-corrected chi connectivity index (χ0v) is 18.1. The molecule has 2 unspecified atom stereocenters. The zero-order chi connectivity index (χ0) is 21.8. The number of aromatic hydroxyl groups is 1. The largest absolute Gasteiger partial charge is 0.504 e. The molecule has 0 aliphatic carbocycles. The molecule has 7 nitrogen and oxygen atoms in total. The lowest BCUT2D eigenvalue weighted by Crippen LogP contribution is -2.30. The number of hydrogen-bond acceptors (Lipinski definition) is 6. The van der Waals surface area contributed by atoms with Gasteiger partial charge in [0.05, 0.1) is 25.3 Å². The van der Waals surface area contributed by atoms with Crippen molar-refractivity contribution in [3.8, 4) is 11.5 Å². The van der Waals surface area contributed by atoms with E-state index in [9.17, 15) is 14.7 Å². The van der Waals surface area contributed by atoms with Gasteiger partial charge in [0.1, 0.15) is 0 Å². The fourth-order valence-corrected chi connectivity index (χ4v) is 3.31. The Bertz CT molecular complexity index is 702. The van der Waals surface area contributed by atoms with Crippen molar-refractivity contribution in [3.05, 3.63) is 35.0 Å². The van der Waals surface area contributed by atoms with E-state index >= 15 is 0 Å². The Hall–Kier alpha value is -2.54. The van der Waals surface area contributed by atoms with Crippen LogP contribution in [0.3, 0.4) is 0 Å². The number of allylic oxidation sites excluding steroid dienone is 1. The van der Waals surface area contributed by atoms with E-state index in [2.05, 4.69) is 24.5 Å². The summed E-state index contributed by atoms with van der Waals surface area (Å²) in [6.07, 6.45) is 3.93. The minimum Gasteiger partial charge on any atom is -0.504 e. The smallest absolute Gasteiger partial charge is 0.337 e. The molecule has 0 aliphatic rings. The highest BCUT2D eigenvalue weighted by Gasteiger charge is 2.27. The molecule has 0 heterocycles. The van der Waals surface area contributed by atoms with E-state index in [-0.39, 0.29) is 5.75 Å². The zero-order valence-electron chi connectivity index (χ0n) is 18.1. The molecule has 0 bridgehead atoms. The van der Waals surface area contributed by atoms with Gasteiger partial charge in [0.15, 0.2) is 11.5 Å². The summed E-state index contributed by atoms with van der Waals surface area (Å²) < 4.78 is 10.7. The fraction of sp³-hybridized carbons (Fsp3) is 0.545. The first kappa shape index (κ1) is 24.5. The maximum absolute atomic E-state index is 13.1. The van der Waals surface area contributed by atoms with Gasteiger partial charge in [-0.15, -0.1) is 0 Å². The fourth-order valence-electron chi connectivity index (χ4n) is 3.31. The van der Waals surface area contributed by atoms with Crippen LogP contribution in [0.1, 0.15) is 58.1 Å². The molecule has 1 aromatic rings. The topological polar surface area (TPSA) is 96.9 Å². The Morgan fingerprint density at radius 3 is 2.48 bits per heavy atom. The molecule has 0 saturated heterocycles. The SMILES string of the molecule is CCCC(CC)COC(=O)/C(=C(\CC)NC=O)C(NC)c1ccc(OC)c(O)c1. The van der Waals surface area contributed by atoms with Crippen LogP contribution in [0.4, 0.5) is 0 Å². The number of amides is 1. The molecular weight excluding hydrogens is 372 g/mol. The van der Waals surface area contributed by atoms with E-state index in [1.807, 2.05) is 6.92 Å². The van der Waals surface area contributed by atoms with Crippen LogP contribution in [-0.2, 0) is 14.3 Å². The molecule has 0 radical (unpaired) electrons. The van der Waals surface area contributed by atoms with Crippen LogP contribution in [0.2, 0.25) is 0 Å². The Morgan fingerprint density at radius 2 is 2.00 bits per heavy atom. The van der Waals surface area contributed by atoms with Crippen molar-refractivity contribution in [2.45, 2.75) is 52.5 Å². The Balaban J connectivity index is 3.30. The summed E-state index contributed by atoms with van der Waals surface area (Å²) in [6.45, 7) is 6.36. The van der Waals surface area contributed by atoms with Crippen LogP contribution in [0.15, 0.2) is 29.5 Å². The highest BCUT2D eigenvalue weighted by Crippen LogP contribution is 2.33. The lowest BCUT2D eigenvalue weighted by atomic mass is 9.95. The van der Waals surface area contributed by atoms with Crippen molar-refractivity contribution < 1.29 is 24.2 Å². The molecule has 1 rings (SSSR count). The molecule has 162 valence electrons. The third kappa shape index (κ3) is 6.78. The van der Waals surface area contributed by atoms with Crippen LogP contribution < -0.4 is 15.4 Å². The molecule has 0 spiro atoms. The standard InChI is InChI=1S/C22H34N2O5/c1-6-9-15(7-2)13-29-22(27)20(17(8-3)24-14-25)21(23-4)16-10-11-19(28-5)18(26)12-16/h10-12,14-15,21,23,26H,6-9,13H2,1-5H3,(H,24,25)/b20-17+. The molecular formula is C22H34N2O5. The number of ether oxygens (including phenoxy) is 2. The lowest BCUT2D eigenvalue weighted by Gasteiger charge is -2.24. The number of rotatable bonds is 13. The van der Waals surface area contributed by atoms with Gasteiger partial charge in [-0.1, -0.05) is 39.7 Å². The van der Waals surface area contributed by atoms with Gasteiger partial charge >= 0.3 is 5.97 Å². The maximum atomic E-state index is 13.1. The first-order valence-corrected chi connectivity index (χ1v) is 10.1. The summed E-state index contributed by atoms with van der Waals surface area (Å²) >= 11 is 0. The monoisotopic (exact) mass is 406 g/mol. The summed E-state index contributed by atoms with van der Waals surface area (Å²) in [5.74, 6) is 0.116. The Labute approximate surface area is 173 Å². The van der Waals surface area contributed by atoms with Crippen LogP contribution >= 0.6 is 0 Å². The van der Waals surface area contributed by atoms with Crippen molar-refractivity contribution in [2.75, 3.05) is 20.8 Å². The van der Waals surface area contributed by atoms with Crippen molar-refractivity contribution in [2.24, 2.45) is 5.92 Å². The normalized spacial score (nSPS) is 13.8. The third-order valence-corrected chi connectivity index (χ3v) is 4.97. The molecule has 3 N–H and O–H groups in total. The van der Waals surface area contributed by atoms with Gasteiger partial charge in [-0.3, -0.25) is 4.79 Å². The first-order valence-electron chi connectivity index (χ1n) is 10.1. The summed E-state index contributed by atoms with van der Waals surface area (Å²) in [6, 6.07) is 4.35. The highest BCUT2D eigenvalue weighted by atomic mass is 16.5. The van der Waals surface area contributed by atoms with E-state index in [0.29, 0.717) is 47.9 Å². The third-order valence-electron chi connectivity index (χ3n) is 4.97. The second-order valence-electron chi connectivity index (χ2n) is 6.82. The summed E-state index contributed by atoms with van der Waals surface area (Å²) in [4.78, 5) is 24.2. The van der Waals surface area contributed by atoms with E-state index in [0.717, 1.165) is 19.3 Å². The number of phenolic OH excluding ortho intramolecular Hbond substituents is 1. The van der Waals surface area contributed by atoms with Gasteiger partial charge < -0.3 is 25.2 Å². The molecule has 2 atom stereocenters. The lowest BCUT2D eigenvalue weighted by molar-refractivity contribution is -0.141. The summed E-state index contributed by atoms with van der Waals surface area (Å²) in [5, 5.41) is 15.9. The van der Waals surface area contributed by atoms with Crippen LogP contribution in [0, 0.1) is 5.92 Å². The molecule has 7 heteroatoms. The number of nitrogens with one attached hydrogen (secondary N) is 2. The second kappa shape index (κ2) is 12.8. The number of benzene rings is 1. The second-order valence-corrected chi connectivity index (χ2v) is 6.82. The predicted molar refractivity (Wildman–Crippen MR) is 113 cm³/mol. The van der Waals surface area contributed by atoms with Gasteiger partial charge in [0.2, 0.25) is 6.41 Å². The van der Waals surface area contributed by atoms with E-state index in [4.69, 9.17) is 9.47 Å². The van der Waals surface area contributed by atoms with Crippen molar-refractivity contribution >= 4 is 12.4 Å². The minimum atomic E-state index is -0.576. The van der Waals surface area contributed by atoms with Crippen molar-refractivity contribution in [3.63, 3.8) is 0 Å². The summed E-state index contributed by atoms with van der Waals surface area (Å²) in [5.41, 5.74) is 1.44. The predicted octanol–water partition coefficient (Wildman–Crippen LogP) is 3.44. The Morgan fingerprint density at radius 1 is 1.28 bits per heavy atom. The first-order chi connectivity index (χ1) is 14.0. The maximum Gasteiger partial charge on any atom is 0.337 e. The number of phenols is 1. The number of methoxy groups -OCH3 is 1. The highest BCUT2D eigenvalue weighted by molar-refractivity contribution is 5.91. The van der Waals surface area contributed by atoms with Crippen LogP contribution in [0.25, 0.3) is 0 Å². The van der Waals surface area contributed by atoms with Gasteiger partial charge in [0, 0.05) is 5.70 Å². The molecule has 0 saturated carbocycles. The van der Waals surface area contributed by atoms with E-state index < -0.39 is 12.0 Å². The van der Waals surface area contributed by atoms with E-state index in [1.165, 1.54) is 13.2 Å². The number of carbonyl (C=O) groups is 2. The number of likely N-dealkylation sites (N-methyl/N-ethyl adjacent to an activating group) is 1. The van der Waals surface area contributed by atoms with Gasteiger partial charge in [-0.25, -0.2) is 4.79 Å². The molecule has 0 aromatic heterocycles. The molecule has 1 amide bonds. The van der Waals surface area contributed by atoms with E-state index in [1.54, 1.807) is 19.2 Å². The molecule has 29 heavy (non-hydrogen) atoms. The molecule has 1 aromatic carbocycles.